The molecule has 1 N–H and O–H groups in total. The summed E-state index contributed by atoms with van der Waals surface area (Å²) in [7, 11) is 4.50. The van der Waals surface area contributed by atoms with E-state index in [0.29, 0.717) is 22.8 Å². The predicted octanol–water partition coefficient (Wildman–Crippen LogP) is 3.40. The largest absolute Gasteiger partial charge is 0.504 e. The van der Waals surface area contributed by atoms with E-state index in [1.54, 1.807) is 24.3 Å². The van der Waals surface area contributed by atoms with Gasteiger partial charge >= 0.3 is 0 Å². The number of carbonyl (C=O) groups is 1. The molecule has 120 valence electrons. The number of aldehydes is 1. The van der Waals surface area contributed by atoms with Gasteiger partial charge in [-0.1, -0.05) is 18.2 Å². The van der Waals surface area contributed by atoms with Gasteiger partial charge in [-0.2, -0.15) is 0 Å². The first-order valence-electron chi connectivity index (χ1n) is 6.89. The Morgan fingerprint density at radius 1 is 0.870 bits per heavy atom. The number of phenols is 1. The molecule has 0 heterocycles. The highest BCUT2D eigenvalue weighted by Gasteiger charge is 2.10. The van der Waals surface area contributed by atoms with E-state index >= 15 is 0 Å². The van der Waals surface area contributed by atoms with Crippen LogP contribution in [0.2, 0.25) is 0 Å². The predicted molar refractivity (Wildman–Crippen MR) is 88.5 cm³/mol. The lowest BCUT2D eigenvalue weighted by atomic mass is 10.1. The SMILES string of the molecule is COc1ccc(C=Cc2cc(C=O)c(OC)c(OC)c2)cc1O. The zero-order chi connectivity index (χ0) is 16.8. The molecule has 0 unspecified atom stereocenters. The molecule has 2 aromatic rings. The molecular formula is C18H18O5. The number of ether oxygens (including phenoxy) is 3. The van der Waals surface area contributed by atoms with Crippen molar-refractivity contribution in [1.82, 2.24) is 0 Å². The highest BCUT2D eigenvalue weighted by Crippen LogP contribution is 2.32. The molecule has 0 fully saturated rings. The van der Waals surface area contributed by atoms with E-state index in [-0.39, 0.29) is 5.75 Å². The maximum absolute atomic E-state index is 11.2. The maximum Gasteiger partial charge on any atom is 0.171 e. The van der Waals surface area contributed by atoms with Crippen molar-refractivity contribution < 1.29 is 24.1 Å². The molecule has 0 saturated carbocycles. The summed E-state index contributed by atoms with van der Waals surface area (Å²) < 4.78 is 15.4. The van der Waals surface area contributed by atoms with Gasteiger partial charge in [-0.3, -0.25) is 4.79 Å². The van der Waals surface area contributed by atoms with E-state index in [9.17, 15) is 9.90 Å². The summed E-state index contributed by atoms with van der Waals surface area (Å²) in [5.41, 5.74) is 1.98. The second-order valence-electron chi connectivity index (χ2n) is 4.73. The Kier molecular flexibility index (Phi) is 5.25. The molecule has 0 bridgehead atoms. The van der Waals surface area contributed by atoms with Crippen molar-refractivity contribution in [3.05, 3.63) is 47.0 Å². The van der Waals surface area contributed by atoms with E-state index in [2.05, 4.69) is 0 Å². The molecular weight excluding hydrogens is 296 g/mol. The molecule has 0 atom stereocenters. The van der Waals surface area contributed by atoms with Crippen molar-refractivity contribution in [3.8, 4) is 23.0 Å². The van der Waals surface area contributed by atoms with Crippen molar-refractivity contribution in [2.24, 2.45) is 0 Å². The summed E-state index contributed by atoms with van der Waals surface area (Å²) in [5.74, 6) is 1.36. The first-order valence-corrected chi connectivity index (χ1v) is 6.89. The van der Waals surface area contributed by atoms with Crippen molar-refractivity contribution >= 4 is 18.4 Å². The summed E-state index contributed by atoms with van der Waals surface area (Å²) in [6.45, 7) is 0. The van der Waals surface area contributed by atoms with E-state index in [1.165, 1.54) is 21.3 Å². The summed E-state index contributed by atoms with van der Waals surface area (Å²) in [5, 5.41) is 9.78. The monoisotopic (exact) mass is 314 g/mol. The lowest BCUT2D eigenvalue weighted by Gasteiger charge is -2.10. The minimum absolute atomic E-state index is 0.0653. The Bertz CT molecular complexity index is 734. The molecule has 0 aromatic heterocycles. The Morgan fingerprint density at radius 2 is 1.57 bits per heavy atom. The second-order valence-corrected chi connectivity index (χ2v) is 4.73. The number of carbonyl (C=O) groups excluding carboxylic acids is 1. The van der Waals surface area contributed by atoms with E-state index < -0.39 is 0 Å². The third-order valence-corrected chi connectivity index (χ3v) is 3.33. The van der Waals surface area contributed by atoms with Gasteiger partial charge < -0.3 is 19.3 Å². The van der Waals surface area contributed by atoms with Gasteiger partial charge in [0.15, 0.2) is 29.3 Å². The van der Waals surface area contributed by atoms with Gasteiger partial charge in [0.05, 0.1) is 26.9 Å². The van der Waals surface area contributed by atoms with E-state index in [4.69, 9.17) is 14.2 Å². The third-order valence-electron chi connectivity index (χ3n) is 3.33. The Morgan fingerprint density at radius 3 is 2.13 bits per heavy atom. The number of hydrogen-bond acceptors (Lipinski definition) is 5. The molecule has 2 rings (SSSR count). The fraction of sp³-hybridized carbons (Fsp3) is 0.167. The molecule has 2 aromatic carbocycles. The van der Waals surface area contributed by atoms with Crippen LogP contribution in [-0.4, -0.2) is 32.7 Å². The van der Waals surface area contributed by atoms with Gasteiger partial charge in [-0.15, -0.1) is 0 Å². The first kappa shape index (κ1) is 16.4. The lowest BCUT2D eigenvalue weighted by Crippen LogP contribution is -1.96. The van der Waals surface area contributed by atoms with Gasteiger partial charge in [0.2, 0.25) is 0 Å². The smallest absolute Gasteiger partial charge is 0.171 e. The Hall–Kier alpha value is -2.95. The fourth-order valence-corrected chi connectivity index (χ4v) is 2.20. The molecule has 0 spiro atoms. The minimum atomic E-state index is 0.0653. The average Bonchev–Trinajstić information content (AvgIpc) is 2.58. The van der Waals surface area contributed by atoms with Crippen molar-refractivity contribution in [3.63, 3.8) is 0 Å². The lowest BCUT2D eigenvalue weighted by molar-refractivity contribution is 0.112. The number of aromatic hydroxyl groups is 1. The number of hydrogen-bond donors (Lipinski definition) is 1. The van der Waals surface area contributed by atoms with Crippen LogP contribution in [0.15, 0.2) is 30.3 Å². The molecule has 23 heavy (non-hydrogen) atoms. The normalized spacial score (nSPS) is 10.6. The van der Waals surface area contributed by atoms with Crippen LogP contribution in [0.5, 0.6) is 23.0 Å². The quantitative estimate of drug-likeness (QED) is 0.654. The minimum Gasteiger partial charge on any atom is -0.504 e. The third kappa shape index (κ3) is 3.63. The number of rotatable bonds is 6. The van der Waals surface area contributed by atoms with Crippen molar-refractivity contribution in [1.29, 1.82) is 0 Å². The summed E-state index contributed by atoms with van der Waals surface area (Å²) >= 11 is 0. The zero-order valence-corrected chi connectivity index (χ0v) is 13.2. The van der Waals surface area contributed by atoms with Crippen LogP contribution in [0, 0.1) is 0 Å². The average molecular weight is 314 g/mol. The van der Waals surface area contributed by atoms with Crippen LogP contribution in [0.3, 0.4) is 0 Å². The standard InChI is InChI=1S/C18H18O5/c1-21-16-7-6-12(9-15(16)20)4-5-13-8-14(11-19)18(23-3)17(10-13)22-2/h4-11,20H,1-3H3. The van der Waals surface area contributed by atoms with E-state index in [1.807, 2.05) is 18.2 Å². The van der Waals surface area contributed by atoms with Gasteiger partial charge in [0, 0.05) is 0 Å². The van der Waals surface area contributed by atoms with Crippen LogP contribution in [0.25, 0.3) is 12.2 Å². The summed E-state index contributed by atoms with van der Waals surface area (Å²) in [4.78, 5) is 11.2. The zero-order valence-electron chi connectivity index (χ0n) is 13.2. The molecule has 0 radical (unpaired) electrons. The molecule has 5 nitrogen and oxygen atoms in total. The molecule has 0 aliphatic carbocycles. The molecule has 5 heteroatoms. The van der Waals surface area contributed by atoms with Crippen molar-refractivity contribution in [2.75, 3.05) is 21.3 Å². The van der Waals surface area contributed by atoms with Crippen LogP contribution in [0.1, 0.15) is 21.5 Å². The highest BCUT2D eigenvalue weighted by atomic mass is 16.5. The van der Waals surface area contributed by atoms with Crippen molar-refractivity contribution in [2.45, 2.75) is 0 Å². The van der Waals surface area contributed by atoms with Crippen LogP contribution < -0.4 is 14.2 Å². The Balaban J connectivity index is 2.35. The van der Waals surface area contributed by atoms with Gasteiger partial charge in [0.1, 0.15) is 0 Å². The van der Waals surface area contributed by atoms with Gasteiger partial charge in [-0.25, -0.2) is 0 Å². The summed E-state index contributed by atoms with van der Waals surface area (Å²) in [6, 6.07) is 8.56. The molecule has 0 aliphatic rings. The number of methoxy groups -OCH3 is 3. The number of phenolic OH excluding ortho intramolecular Hbond substituents is 1. The van der Waals surface area contributed by atoms with Crippen LogP contribution in [-0.2, 0) is 0 Å². The van der Waals surface area contributed by atoms with Gasteiger partial charge in [0.25, 0.3) is 0 Å². The van der Waals surface area contributed by atoms with Gasteiger partial charge in [-0.05, 0) is 35.4 Å². The summed E-state index contributed by atoms with van der Waals surface area (Å²) in [6.07, 6.45) is 4.35. The molecule has 0 aliphatic heterocycles. The fourth-order valence-electron chi connectivity index (χ4n) is 2.20. The first-order chi connectivity index (χ1) is 11.1. The topological polar surface area (TPSA) is 65.0 Å². The van der Waals surface area contributed by atoms with E-state index in [0.717, 1.165) is 17.4 Å². The van der Waals surface area contributed by atoms with Crippen LogP contribution >= 0.6 is 0 Å². The second kappa shape index (κ2) is 7.35. The maximum atomic E-state index is 11.2. The number of benzene rings is 2. The molecule has 0 amide bonds. The van der Waals surface area contributed by atoms with Crippen LogP contribution in [0.4, 0.5) is 0 Å². The highest BCUT2D eigenvalue weighted by molar-refractivity contribution is 5.84. The Labute approximate surface area is 134 Å². The molecule has 0 saturated heterocycles.